The monoisotopic (exact) mass is 476 g/mol. The maximum absolute atomic E-state index is 13.3. The molecule has 0 spiro atoms. The fraction of sp³-hybridized carbons (Fsp3) is 0.172. The van der Waals surface area contributed by atoms with E-state index in [-0.39, 0.29) is 5.56 Å². The van der Waals surface area contributed by atoms with Gasteiger partial charge in [-0.2, -0.15) is 0 Å². The molecular formula is C29H28N6O. The first-order chi connectivity index (χ1) is 17.7. The molecule has 4 aromatic heterocycles. The van der Waals surface area contributed by atoms with Crippen molar-refractivity contribution in [3.63, 3.8) is 0 Å². The Labute approximate surface area is 209 Å². The van der Waals surface area contributed by atoms with Crippen molar-refractivity contribution in [2.45, 2.75) is 32.9 Å². The predicted molar refractivity (Wildman–Crippen MR) is 145 cm³/mol. The number of nitrogens with one attached hydrogen (secondary N) is 1. The van der Waals surface area contributed by atoms with Gasteiger partial charge in [0.1, 0.15) is 11.5 Å². The van der Waals surface area contributed by atoms with Gasteiger partial charge in [-0.3, -0.25) is 9.78 Å². The van der Waals surface area contributed by atoms with Gasteiger partial charge >= 0.3 is 0 Å². The maximum Gasteiger partial charge on any atom is 0.260 e. The Balaban J connectivity index is 1.39. The lowest BCUT2D eigenvalue weighted by Gasteiger charge is -2.09. The van der Waals surface area contributed by atoms with Crippen LogP contribution in [0.15, 0.2) is 101 Å². The molecule has 0 fully saturated rings. The van der Waals surface area contributed by atoms with E-state index < -0.39 is 0 Å². The number of allylic oxidation sites excluding steroid dienone is 1. The summed E-state index contributed by atoms with van der Waals surface area (Å²) in [5, 5.41) is 4.81. The van der Waals surface area contributed by atoms with E-state index in [2.05, 4.69) is 35.0 Å². The topological polar surface area (TPSA) is 76.6 Å². The number of aliphatic imine (C=N–C) groups is 1. The van der Waals surface area contributed by atoms with Crippen LogP contribution in [0.4, 0.5) is 0 Å². The Morgan fingerprint density at radius 2 is 1.94 bits per heavy atom. The second-order valence-corrected chi connectivity index (χ2v) is 8.69. The minimum absolute atomic E-state index is 0.0805. The number of rotatable bonds is 9. The highest BCUT2D eigenvalue weighted by atomic mass is 16.1. The molecule has 0 radical (unpaired) electrons. The number of fused-ring (bicyclic) bond motifs is 2. The highest BCUT2D eigenvalue weighted by Gasteiger charge is 2.11. The van der Waals surface area contributed by atoms with Crippen molar-refractivity contribution in [1.82, 2.24) is 24.3 Å². The van der Waals surface area contributed by atoms with Crippen molar-refractivity contribution in [3.05, 3.63) is 113 Å². The Morgan fingerprint density at radius 3 is 2.75 bits per heavy atom. The second kappa shape index (κ2) is 10.4. The van der Waals surface area contributed by atoms with Gasteiger partial charge in [0.25, 0.3) is 5.56 Å². The van der Waals surface area contributed by atoms with Crippen LogP contribution in [0.1, 0.15) is 31.0 Å². The summed E-state index contributed by atoms with van der Waals surface area (Å²) in [6.07, 6.45) is 13.4. The molecule has 7 nitrogen and oxygen atoms in total. The van der Waals surface area contributed by atoms with E-state index in [0.29, 0.717) is 18.5 Å². The summed E-state index contributed by atoms with van der Waals surface area (Å²) in [4.78, 5) is 26.4. The molecule has 1 aromatic carbocycles. The minimum Gasteiger partial charge on any atom is -0.366 e. The first-order valence-corrected chi connectivity index (χ1v) is 12.1. The highest BCUT2D eigenvalue weighted by Crippen LogP contribution is 2.25. The van der Waals surface area contributed by atoms with Crippen molar-refractivity contribution in [2.24, 2.45) is 4.99 Å². The van der Waals surface area contributed by atoms with E-state index in [4.69, 9.17) is 4.98 Å². The van der Waals surface area contributed by atoms with Gasteiger partial charge in [-0.1, -0.05) is 49.7 Å². The Hall–Kier alpha value is -4.52. The lowest BCUT2D eigenvalue weighted by Crippen LogP contribution is -2.20. The van der Waals surface area contributed by atoms with Crippen molar-refractivity contribution < 1.29 is 0 Å². The fourth-order valence-electron chi connectivity index (χ4n) is 4.29. The lowest BCUT2D eigenvalue weighted by atomic mass is 10.0. The van der Waals surface area contributed by atoms with Crippen molar-refractivity contribution in [3.8, 4) is 11.1 Å². The zero-order valence-electron chi connectivity index (χ0n) is 20.3. The second-order valence-electron chi connectivity index (χ2n) is 8.69. The normalized spacial score (nSPS) is 11.8. The summed E-state index contributed by atoms with van der Waals surface area (Å²) in [6, 6.07) is 16.0. The average molecular weight is 477 g/mol. The molecule has 1 N–H and O–H groups in total. The Morgan fingerprint density at radius 1 is 1.08 bits per heavy atom. The molecule has 0 saturated carbocycles. The van der Waals surface area contributed by atoms with Crippen LogP contribution in [0.3, 0.4) is 0 Å². The molecule has 0 amide bonds. The van der Waals surface area contributed by atoms with E-state index in [1.807, 2.05) is 77.7 Å². The molecule has 180 valence electrons. The van der Waals surface area contributed by atoms with Gasteiger partial charge in [-0.25, -0.2) is 9.98 Å². The number of imidazole rings is 1. The molecule has 0 bridgehead atoms. The van der Waals surface area contributed by atoms with Gasteiger partial charge in [-0.15, -0.1) is 0 Å². The van der Waals surface area contributed by atoms with Crippen LogP contribution >= 0.6 is 0 Å². The molecule has 0 aliphatic carbocycles. The van der Waals surface area contributed by atoms with Crippen LogP contribution in [-0.4, -0.2) is 25.7 Å². The summed E-state index contributed by atoms with van der Waals surface area (Å²) in [5.74, 6) is 0.795. The number of pyridine rings is 3. The van der Waals surface area contributed by atoms with Crippen LogP contribution in [0.25, 0.3) is 27.5 Å². The Kier molecular flexibility index (Phi) is 6.71. The molecule has 36 heavy (non-hydrogen) atoms. The first-order valence-electron chi connectivity index (χ1n) is 12.1. The maximum atomic E-state index is 13.3. The molecule has 5 aromatic rings. The third-order valence-corrected chi connectivity index (χ3v) is 6.15. The van der Waals surface area contributed by atoms with Crippen LogP contribution < -0.4 is 10.9 Å². The van der Waals surface area contributed by atoms with Crippen molar-refractivity contribution >= 4 is 23.1 Å². The van der Waals surface area contributed by atoms with Gasteiger partial charge in [0.2, 0.25) is 0 Å². The third kappa shape index (κ3) is 4.81. The van der Waals surface area contributed by atoms with Gasteiger partial charge in [-0.05, 0) is 47.9 Å². The molecule has 0 saturated heterocycles. The standard InChI is InChI=1S/C29H28N6O/c1-3-4-10-27(30-2)32-15-21-11-12-28-33-23(20-35(28)18-21)19-34-14-13-24-25(22-8-6-5-7-9-22)16-31-17-26(24)29(34)36/h5-14,16-18,20,32H,2-4,15,19H2,1H3/b27-10+. The van der Waals surface area contributed by atoms with Gasteiger partial charge in [0.15, 0.2) is 0 Å². The van der Waals surface area contributed by atoms with Crippen molar-refractivity contribution in [2.75, 3.05) is 0 Å². The molecular weight excluding hydrogens is 448 g/mol. The molecule has 0 aliphatic rings. The summed E-state index contributed by atoms with van der Waals surface area (Å²) < 4.78 is 3.67. The number of nitrogens with zero attached hydrogens (tertiary/aromatic N) is 5. The van der Waals surface area contributed by atoms with Crippen LogP contribution in [0.5, 0.6) is 0 Å². The number of benzene rings is 1. The molecule has 4 heterocycles. The predicted octanol–water partition coefficient (Wildman–Crippen LogP) is 5.19. The fourth-order valence-corrected chi connectivity index (χ4v) is 4.29. The van der Waals surface area contributed by atoms with Gasteiger partial charge < -0.3 is 14.3 Å². The third-order valence-electron chi connectivity index (χ3n) is 6.15. The summed E-state index contributed by atoms with van der Waals surface area (Å²) in [7, 11) is 0. The summed E-state index contributed by atoms with van der Waals surface area (Å²) in [5.41, 5.74) is 4.65. The highest BCUT2D eigenvalue weighted by molar-refractivity contribution is 5.95. The van der Waals surface area contributed by atoms with Crippen molar-refractivity contribution in [1.29, 1.82) is 0 Å². The van der Waals surface area contributed by atoms with Crippen LogP contribution in [0, 0.1) is 0 Å². The minimum atomic E-state index is -0.0805. The van der Waals surface area contributed by atoms with Gasteiger partial charge in [0.05, 0.1) is 17.6 Å². The van der Waals surface area contributed by atoms with E-state index in [0.717, 1.165) is 52.1 Å². The zero-order chi connectivity index (χ0) is 24.9. The summed E-state index contributed by atoms with van der Waals surface area (Å²) >= 11 is 0. The zero-order valence-corrected chi connectivity index (χ0v) is 20.3. The van der Waals surface area contributed by atoms with E-state index in [1.165, 1.54) is 0 Å². The van der Waals surface area contributed by atoms with Gasteiger partial charge in [0, 0.05) is 43.1 Å². The molecule has 0 unspecified atom stereocenters. The first kappa shape index (κ1) is 23.2. The molecule has 5 rings (SSSR count). The van der Waals surface area contributed by atoms with E-state index in [9.17, 15) is 4.79 Å². The van der Waals surface area contributed by atoms with Crippen LogP contribution in [0.2, 0.25) is 0 Å². The smallest absolute Gasteiger partial charge is 0.260 e. The lowest BCUT2D eigenvalue weighted by molar-refractivity contribution is 0.751. The van der Waals surface area contributed by atoms with E-state index >= 15 is 0 Å². The van der Waals surface area contributed by atoms with Crippen LogP contribution in [-0.2, 0) is 13.1 Å². The quantitative estimate of drug-likeness (QED) is 0.297. The number of hydrogen-bond acceptors (Lipinski definition) is 5. The number of aromatic nitrogens is 4. The SMILES string of the molecule is C=N/C(=C\CCC)NCc1ccc2nc(Cn3ccc4c(-c5ccccc5)cncc4c3=O)cn2c1. The molecule has 0 atom stereocenters. The number of hydrogen-bond donors (Lipinski definition) is 1. The largest absolute Gasteiger partial charge is 0.366 e. The molecule has 0 aliphatic heterocycles. The summed E-state index contributed by atoms with van der Waals surface area (Å²) in [6.45, 7) is 6.79. The average Bonchev–Trinajstić information content (AvgIpc) is 3.32. The van der Waals surface area contributed by atoms with E-state index in [1.54, 1.807) is 10.8 Å². The number of unbranched alkanes of at least 4 members (excludes halogenated alkanes) is 1. The molecule has 7 heteroatoms. The Bertz CT molecular complexity index is 1610.